The molecule has 0 bridgehead atoms. The monoisotopic (exact) mass is 428 g/mol. The predicted octanol–water partition coefficient (Wildman–Crippen LogP) is 2.37. The van der Waals surface area contributed by atoms with E-state index in [2.05, 4.69) is 31.1 Å². The minimum absolute atomic E-state index is 0.0727. The molecule has 3 aromatic heterocycles. The van der Waals surface area contributed by atoms with Crippen molar-refractivity contribution in [1.29, 1.82) is 0 Å². The molecule has 30 heavy (non-hydrogen) atoms. The largest absolute Gasteiger partial charge is 0.379 e. The number of rotatable bonds is 4. The summed E-state index contributed by atoms with van der Waals surface area (Å²) in [7, 11) is -2.47. The van der Waals surface area contributed by atoms with Gasteiger partial charge in [0.1, 0.15) is 5.82 Å². The first-order valence-electron chi connectivity index (χ1n) is 9.95. The van der Waals surface area contributed by atoms with Crippen LogP contribution in [0.25, 0.3) is 22.3 Å². The average Bonchev–Trinajstić information content (AvgIpc) is 3.14. The van der Waals surface area contributed by atoms with E-state index >= 15 is 0 Å². The number of morpholine rings is 1. The Labute approximate surface area is 175 Å². The molecule has 0 spiro atoms. The fraction of sp³-hybridized carbons (Fsp3) is 0.450. The third-order valence-corrected chi connectivity index (χ3v) is 7.64. The maximum absolute atomic E-state index is 13.2. The lowest BCUT2D eigenvalue weighted by molar-refractivity contribution is 0.0431. The molecule has 1 N–H and O–H groups in total. The van der Waals surface area contributed by atoms with E-state index in [1.165, 1.54) is 0 Å². The summed E-state index contributed by atoms with van der Waals surface area (Å²) in [6.45, 7) is 5.02. The number of anilines is 1. The molecule has 1 unspecified atom stereocenters. The Bertz CT molecular complexity index is 1200. The Hall–Kier alpha value is -2.56. The second-order valence-corrected chi connectivity index (χ2v) is 10.3. The van der Waals surface area contributed by atoms with Crippen molar-refractivity contribution in [2.45, 2.75) is 18.2 Å². The zero-order valence-corrected chi connectivity index (χ0v) is 17.8. The second kappa shape index (κ2) is 7.60. The predicted molar refractivity (Wildman–Crippen MR) is 116 cm³/mol. The lowest BCUT2D eigenvalue weighted by Gasteiger charge is -2.34. The van der Waals surface area contributed by atoms with Crippen LogP contribution in [0.1, 0.15) is 6.92 Å². The SMILES string of the molecule is C[C@@H]1COCCN1c1cc(N=S(C)(=O)C2COC2)nc(-c2cncc3[nH]ccc23)n1. The van der Waals surface area contributed by atoms with E-state index in [9.17, 15) is 4.21 Å². The first-order chi connectivity index (χ1) is 14.5. The number of hydrogen-bond donors (Lipinski definition) is 1. The number of hydrogen-bond acceptors (Lipinski definition) is 8. The molecule has 2 atom stereocenters. The highest BCUT2D eigenvalue weighted by atomic mass is 32.2. The Kier molecular flexibility index (Phi) is 4.92. The maximum atomic E-state index is 13.2. The van der Waals surface area contributed by atoms with E-state index in [0.29, 0.717) is 38.1 Å². The molecular formula is C20H24N6O3S. The quantitative estimate of drug-likeness (QED) is 0.680. The lowest BCUT2D eigenvalue weighted by atomic mass is 10.1. The number of nitrogens with one attached hydrogen (secondary N) is 1. The zero-order chi connectivity index (χ0) is 20.7. The van der Waals surface area contributed by atoms with Gasteiger partial charge in [-0.1, -0.05) is 0 Å². The van der Waals surface area contributed by atoms with Gasteiger partial charge < -0.3 is 19.4 Å². The first kappa shape index (κ1) is 19.4. The molecule has 0 aromatic carbocycles. The molecule has 0 aliphatic carbocycles. The molecule has 2 aliphatic rings. The number of H-pyrrole nitrogens is 1. The Balaban J connectivity index is 1.66. The van der Waals surface area contributed by atoms with Crippen LogP contribution in [0.5, 0.6) is 0 Å². The number of aromatic nitrogens is 4. The van der Waals surface area contributed by atoms with Crippen molar-refractivity contribution < 1.29 is 13.7 Å². The standard InChI is InChI=1S/C20H24N6O3S/c1-13-10-28-6-5-26(13)19-7-18(25-30(2,27)14-11-29-12-14)23-20(24-19)16-8-21-9-17-15(16)3-4-22-17/h3-4,7-9,13-14,22H,5-6,10-12H2,1-2H3/t13-,30?/m1/s1. The van der Waals surface area contributed by atoms with Gasteiger partial charge in [0.25, 0.3) is 0 Å². The van der Waals surface area contributed by atoms with Gasteiger partial charge in [0.05, 0.1) is 59.2 Å². The van der Waals surface area contributed by atoms with E-state index < -0.39 is 9.73 Å². The minimum atomic E-state index is -2.47. The lowest BCUT2D eigenvalue weighted by Crippen LogP contribution is -2.44. The summed E-state index contributed by atoms with van der Waals surface area (Å²) in [6.07, 6.45) is 7.07. The smallest absolute Gasteiger partial charge is 0.167 e. The molecule has 0 saturated carbocycles. The Morgan fingerprint density at radius 1 is 1.23 bits per heavy atom. The number of ether oxygens (including phenoxy) is 2. The van der Waals surface area contributed by atoms with Gasteiger partial charge in [-0.15, -0.1) is 0 Å². The summed E-state index contributed by atoms with van der Waals surface area (Å²) >= 11 is 0. The molecule has 5 rings (SSSR count). The molecule has 9 nitrogen and oxygen atoms in total. The van der Waals surface area contributed by atoms with Crippen molar-refractivity contribution >= 4 is 32.3 Å². The average molecular weight is 429 g/mol. The summed E-state index contributed by atoms with van der Waals surface area (Å²) in [5, 5.41) is 0.907. The molecule has 0 radical (unpaired) electrons. The highest BCUT2D eigenvalue weighted by Gasteiger charge is 2.28. The molecule has 2 aliphatic heterocycles. The Morgan fingerprint density at radius 2 is 2.10 bits per heavy atom. The van der Waals surface area contributed by atoms with E-state index in [1.54, 1.807) is 18.6 Å². The van der Waals surface area contributed by atoms with E-state index in [-0.39, 0.29) is 11.3 Å². The van der Waals surface area contributed by atoms with Crippen molar-refractivity contribution in [2.24, 2.45) is 4.36 Å². The summed E-state index contributed by atoms with van der Waals surface area (Å²) in [5.74, 6) is 1.69. The summed E-state index contributed by atoms with van der Waals surface area (Å²) in [6, 6.07) is 3.96. The van der Waals surface area contributed by atoms with E-state index in [1.807, 2.05) is 18.3 Å². The van der Waals surface area contributed by atoms with Crippen molar-refractivity contribution in [3.05, 3.63) is 30.7 Å². The van der Waals surface area contributed by atoms with Crippen LogP contribution in [0, 0.1) is 0 Å². The molecule has 2 saturated heterocycles. The summed E-state index contributed by atoms with van der Waals surface area (Å²) in [4.78, 5) is 19.2. The molecule has 3 aromatic rings. The van der Waals surface area contributed by atoms with Crippen LogP contribution in [-0.4, -0.2) is 74.7 Å². The zero-order valence-electron chi connectivity index (χ0n) is 16.9. The minimum Gasteiger partial charge on any atom is -0.379 e. The van der Waals surface area contributed by atoms with Crippen molar-refractivity contribution in [2.75, 3.05) is 44.1 Å². The Morgan fingerprint density at radius 3 is 2.87 bits per heavy atom. The van der Waals surface area contributed by atoms with Crippen molar-refractivity contribution in [3.63, 3.8) is 0 Å². The molecule has 0 amide bonds. The van der Waals surface area contributed by atoms with Gasteiger partial charge in [-0.25, -0.2) is 14.2 Å². The summed E-state index contributed by atoms with van der Waals surface area (Å²) < 4.78 is 28.5. The van der Waals surface area contributed by atoms with E-state index in [4.69, 9.17) is 14.5 Å². The van der Waals surface area contributed by atoms with Gasteiger partial charge in [0, 0.05) is 42.2 Å². The number of fused-ring (bicyclic) bond motifs is 1. The van der Waals surface area contributed by atoms with Crippen LogP contribution < -0.4 is 4.90 Å². The van der Waals surface area contributed by atoms with Gasteiger partial charge in [-0.05, 0) is 13.0 Å². The third-order valence-electron chi connectivity index (χ3n) is 5.58. The van der Waals surface area contributed by atoms with Gasteiger partial charge >= 0.3 is 0 Å². The van der Waals surface area contributed by atoms with Gasteiger partial charge in [0.15, 0.2) is 11.6 Å². The number of nitrogens with zero attached hydrogens (tertiary/aromatic N) is 5. The van der Waals surface area contributed by atoms with Crippen molar-refractivity contribution in [1.82, 2.24) is 19.9 Å². The van der Waals surface area contributed by atoms with Gasteiger partial charge in [-0.2, -0.15) is 4.36 Å². The molecule has 5 heterocycles. The normalized spacial score (nSPS) is 21.9. The van der Waals surface area contributed by atoms with Crippen LogP contribution in [-0.2, 0) is 19.2 Å². The van der Waals surface area contributed by atoms with Crippen LogP contribution in [0.4, 0.5) is 11.6 Å². The summed E-state index contributed by atoms with van der Waals surface area (Å²) in [5.41, 5.74) is 1.72. The highest BCUT2D eigenvalue weighted by Crippen LogP contribution is 2.30. The third kappa shape index (κ3) is 3.55. The topological polar surface area (TPSA) is 106 Å². The van der Waals surface area contributed by atoms with E-state index in [0.717, 1.165) is 28.8 Å². The van der Waals surface area contributed by atoms with Gasteiger partial charge in [0.2, 0.25) is 0 Å². The number of aromatic amines is 1. The second-order valence-electron chi connectivity index (χ2n) is 7.76. The fourth-order valence-electron chi connectivity index (χ4n) is 3.69. The highest BCUT2D eigenvalue weighted by molar-refractivity contribution is 7.93. The molecular weight excluding hydrogens is 404 g/mol. The van der Waals surface area contributed by atoms with Crippen molar-refractivity contribution in [3.8, 4) is 11.4 Å². The van der Waals surface area contributed by atoms with Crippen LogP contribution in [0.2, 0.25) is 0 Å². The molecule has 158 valence electrons. The fourth-order valence-corrected chi connectivity index (χ4v) is 5.00. The number of pyridine rings is 1. The molecule has 2 fully saturated rings. The van der Waals surface area contributed by atoms with Crippen LogP contribution in [0.3, 0.4) is 0 Å². The van der Waals surface area contributed by atoms with Crippen LogP contribution >= 0.6 is 0 Å². The van der Waals surface area contributed by atoms with Crippen LogP contribution in [0.15, 0.2) is 35.1 Å². The maximum Gasteiger partial charge on any atom is 0.167 e. The first-order valence-corrected chi connectivity index (χ1v) is 11.9. The molecule has 10 heteroatoms. The van der Waals surface area contributed by atoms with Gasteiger partial charge in [-0.3, -0.25) is 4.98 Å².